The number of sulfone groups is 2. The SMILES string of the molecule is CCNC(=S)NCCc1ccc(OC)c(Nc2ncc(Cl)c(Nc3ccccc3S(=O)(=O)C(C)C)n2)c1.COc1ccc(CCN)cc1Nc1ncc(Cl)c(Nc2ccccc2S(=O)(=O)C(C)C)n1. The van der Waals surface area contributed by atoms with E-state index >= 15 is 0 Å². The van der Waals surface area contributed by atoms with Crippen molar-refractivity contribution in [1.29, 1.82) is 0 Å². The van der Waals surface area contributed by atoms with Gasteiger partial charge in [-0.2, -0.15) is 9.97 Å². The van der Waals surface area contributed by atoms with Crippen molar-refractivity contribution in [2.24, 2.45) is 5.73 Å². The number of methoxy groups -OCH3 is 2. The Morgan fingerprint density at radius 2 is 1.07 bits per heavy atom. The van der Waals surface area contributed by atoms with Crippen molar-refractivity contribution < 1.29 is 26.3 Å². The average molecular weight is 1040 g/mol. The zero-order valence-corrected chi connectivity index (χ0v) is 43.2. The van der Waals surface area contributed by atoms with Crippen LogP contribution in [-0.2, 0) is 32.5 Å². The van der Waals surface area contributed by atoms with Crippen LogP contribution in [-0.4, -0.2) is 86.2 Å². The van der Waals surface area contributed by atoms with Crippen LogP contribution in [0.1, 0.15) is 45.7 Å². The van der Waals surface area contributed by atoms with Gasteiger partial charge in [-0.3, -0.25) is 0 Å². The smallest absolute Gasteiger partial charge is 0.229 e. The molecular weight excluding hydrogens is 982 g/mol. The molecule has 0 atom stereocenters. The van der Waals surface area contributed by atoms with Gasteiger partial charge in [0.05, 0.1) is 69.7 Å². The summed E-state index contributed by atoms with van der Waals surface area (Å²) in [6, 6.07) is 24.8. The van der Waals surface area contributed by atoms with Gasteiger partial charge in [0, 0.05) is 13.1 Å². The molecule has 368 valence electrons. The molecule has 8 N–H and O–H groups in total. The Balaban J connectivity index is 0.000000260. The number of nitrogens with one attached hydrogen (secondary N) is 6. The fourth-order valence-electron chi connectivity index (χ4n) is 6.40. The Kier molecular flexibility index (Phi) is 19.5. The second-order valence-electron chi connectivity index (χ2n) is 15.6. The molecular formula is C47H57Cl2N11O6S3. The van der Waals surface area contributed by atoms with Gasteiger partial charge < -0.3 is 47.1 Å². The van der Waals surface area contributed by atoms with E-state index in [0.29, 0.717) is 58.9 Å². The summed E-state index contributed by atoms with van der Waals surface area (Å²) < 4.78 is 62.1. The minimum atomic E-state index is -3.53. The number of thiocarbonyl (C=S) groups is 1. The predicted octanol–water partition coefficient (Wildman–Crippen LogP) is 9.14. The summed E-state index contributed by atoms with van der Waals surface area (Å²) in [5, 5.41) is 18.6. The molecule has 0 saturated heterocycles. The molecule has 0 aliphatic rings. The molecule has 0 fully saturated rings. The molecule has 0 spiro atoms. The molecule has 2 aromatic heterocycles. The number of hydrogen-bond acceptors (Lipinski definition) is 16. The van der Waals surface area contributed by atoms with E-state index in [4.69, 9.17) is 50.6 Å². The number of ether oxygens (including phenoxy) is 2. The van der Waals surface area contributed by atoms with Crippen LogP contribution in [0.15, 0.2) is 107 Å². The maximum atomic E-state index is 12.8. The first-order chi connectivity index (χ1) is 32.9. The standard InChI is InChI=1S/C25H31ClN6O3S2.C22H26ClN5O3S/c1-5-27-25(36)28-13-12-17-10-11-21(35-4)20(14-17)31-24-29-15-18(26)23(32-24)30-19-8-6-7-9-22(19)37(33,34)16(2)3;1-14(2)32(29,30)20-7-5-4-6-17(20)26-21-16(23)13-25-22(28-21)27-18-12-15(10-11-24)8-9-19(18)31-3/h6-11,14-16H,5,12-13H2,1-4H3,(H2,27,28,36)(H2,29,30,31,32);4-9,12-14H,10-11,24H2,1-3H3,(H2,25,26,27,28). The lowest BCUT2D eigenvalue weighted by molar-refractivity contribution is 0.416. The average Bonchev–Trinajstić information content (AvgIpc) is 3.32. The van der Waals surface area contributed by atoms with Gasteiger partial charge in [-0.05, 0) is 126 Å². The van der Waals surface area contributed by atoms with Crippen LogP contribution in [0.3, 0.4) is 0 Å². The van der Waals surface area contributed by atoms with Gasteiger partial charge in [-0.1, -0.05) is 59.6 Å². The number of nitrogens with two attached hydrogens (primary N) is 1. The third kappa shape index (κ3) is 14.5. The minimum Gasteiger partial charge on any atom is -0.495 e. The number of benzene rings is 4. The zero-order valence-electron chi connectivity index (χ0n) is 39.2. The van der Waals surface area contributed by atoms with Gasteiger partial charge in [-0.15, -0.1) is 0 Å². The topological polar surface area (TPSA) is 236 Å². The third-order valence-electron chi connectivity index (χ3n) is 10.1. The van der Waals surface area contributed by atoms with E-state index in [-0.39, 0.29) is 43.4 Å². The maximum Gasteiger partial charge on any atom is 0.229 e. The summed E-state index contributed by atoms with van der Waals surface area (Å²) >= 11 is 17.9. The molecule has 17 nitrogen and oxygen atoms in total. The van der Waals surface area contributed by atoms with Crippen molar-refractivity contribution in [2.45, 2.75) is 67.8 Å². The van der Waals surface area contributed by atoms with E-state index in [1.165, 1.54) is 12.4 Å². The van der Waals surface area contributed by atoms with Crippen LogP contribution in [0.2, 0.25) is 10.0 Å². The van der Waals surface area contributed by atoms with Crippen LogP contribution in [0.5, 0.6) is 11.5 Å². The Morgan fingerprint density at radius 1 is 0.638 bits per heavy atom. The number of aromatic nitrogens is 4. The first kappa shape index (κ1) is 53.9. The fraction of sp³-hybridized carbons (Fsp3) is 0.298. The van der Waals surface area contributed by atoms with Gasteiger partial charge in [-0.25, -0.2) is 26.8 Å². The molecule has 69 heavy (non-hydrogen) atoms. The minimum absolute atomic E-state index is 0.172. The fourth-order valence-corrected chi connectivity index (χ4v) is 9.32. The highest BCUT2D eigenvalue weighted by molar-refractivity contribution is 7.92. The maximum absolute atomic E-state index is 12.8. The summed E-state index contributed by atoms with van der Waals surface area (Å²) in [5.41, 5.74) is 9.86. The molecule has 22 heteroatoms. The van der Waals surface area contributed by atoms with E-state index in [1.807, 2.05) is 43.3 Å². The van der Waals surface area contributed by atoms with Crippen molar-refractivity contribution in [1.82, 2.24) is 30.6 Å². The molecule has 0 bridgehead atoms. The number of rotatable bonds is 20. The molecule has 0 unspecified atom stereocenters. The third-order valence-corrected chi connectivity index (χ3v) is 15.4. The largest absolute Gasteiger partial charge is 0.495 e. The number of para-hydroxylation sites is 2. The van der Waals surface area contributed by atoms with Crippen LogP contribution in [0.4, 0.5) is 46.3 Å². The lowest BCUT2D eigenvalue weighted by Crippen LogP contribution is -2.36. The number of nitrogens with zero attached hydrogens (tertiary/aromatic N) is 4. The van der Waals surface area contributed by atoms with Crippen LogP contribution < -0.4 is 47.1 Å². The second-order valence-corrected chi connectivity index (χ2v) is 21.8. The monoisotopic (exact) mass is 1040 g/mol. The van der Waals surface area contributed by atoms with Crippen molar-refractivity contribution >= 4 is 106 Å². The molecule has 0 radical (unpaired) electrons. The molecule has 0 aliphatic carbocycles. The van der Waals surface area contributed by atoms with Gasteiger partial charge in [0.2, 0.25) is 11.9 Å². The van der Waals surface area contributed by atoms with E-state index < -0.39 is 30.2 Å². The predicted molar refractivity (Wildman–Crippen MR) is 281 cm³/mol. The molecule has 2 heterocycles. The Morgan fingerprint density at radius 3 is 1.48 bits per heavy atom. The van der Waals surface area contributed by atoms with Gasteiger partial charge in [0.1, 0.15) is 21.5 Å². The molecule has 4 aromatic carbocycles. The number of hydrogen-bond donors (Lipinski definition) is 7. The van der Waals surface area contributed by atoms with Crippen LogP contribution in [0, 0.1) is 0 Å². The summed E-state index contributed by atoms with van der Waals surface area (Å²) in [4.78, 5) is 17.8. The highest BCUT2D eigenvalue weighted by Gasteiger charge is 2.25. The number of anilines is 8. The highest BCUT2D eigenvalue weighted by atomic mass is 35.5. The molecule has 0 aliphatic heterocycles. The molecule has 0 amide bonds. The lowest BCUT2D eigenvalue weighted by Gasteiger charge is -2.16. The normalized spacial score (nSPS) is 11.3. The summed E-state index contributed by atoms with van der Waals surface area (Å²) in [6.07, 6.45) is 4.34. The van der Waals surface area contributed by atoms with Gasteiger partial charge >= 0.3 is 0 Å². The van der Waals surface area contributed by atoms with E-state index in [2.05, 4.69) is 51.8 Å². The van der Waals surface area contributed by atoms with Crippen molar-refractivity contribution in [3.8, 4) is 11.5 Å². The Hall–Kier alpha value is -6.03. The quantitative estimate of drug-likeness (QED) is 0.0353. The zero-order chi connectivity index (χ0) is 50.3. The lowest BCUT2D eigenvalue weighted by atomic mass is 10.1. The Bertz CT molecular complexity index is 2950. The molecule has 6 rings (SSSR count). The number of halogens is 2. The first-order valence-corrected chi connectivity index (χ1v) is 26.0. The van der Waals surface area contributed by atoms with Crippen molar-refractivity contribution in [3.63, 3.8) is 0 Å². The highest BCUT2D eigenvalue weighted by Crippen LogP contribution is 2.34. The Labute approximate surface area is 419 Å². The van der Waals surface area contributed by atoms with E-state index in [0.717, 1.165) is 24.1 Å². The van der Waals surface area contributed by atoms with Crippen LogP contribution >= 0.6 is 35.4 Å². The van der Waals surface area contributed by atoms with Crippen LogP contribution in [0.25, 0.3) is 0 Å². The first-order valence-electron chi connectivity index (χ1n) is 21.8. The van der Waals surface area contributed by atoms with E-state index in [1.54, 1.807) is 90.4 Å². The van der Waals surface area contributed by atoms with Crippen molar-refractivity contribution in [2.75, 3.05) is 55.1 Å². The molecule has 6 aromatic rings. The van der Waals surface area contributed by atoms with Crippen molar-refractivity contribution in [3.05, 3.63) is 118 Å². The van der Waals surface area contributed by atoms with Gasteiger partial charge in [0.25, 0.3) is 0 Å². The molecule has 0 saturated carbocycles. The summed E-state index contributed by atoms with van der Waals surface area (Å²) in [6.45, 7) is 10.5. The van der Waals surface area contributed by atoms with E-state index in [9.17, 15) is 16.8 Å². The summed E-state index contributed by atoms with van der Waals surface area (Å²) in [7, 11) is -3.88. The van der Waals surface area contributed by atoms with Gasteiger partial charge in [0.15, 0.2) is 36.4 Å². The summed E-state index contributed by atoms with van der Waals surface area (Å²) in [5.74, 6) is 2.30. The second kappa shape index (κ2) is 25.0.